The minimum absolute atomic E-state index is 0.0421. The van der Waals surface area contributed by atoms with Crippen LogP contribution in [0.1, 0.15) is 61.9 Å². The molecule has 0 aromatic heterocycles. The lowest BCUT2D eigenvalue weighted by Gasteiger charge is -2.15. The smallest absolute Gasteiger partial charge is 0.196 e. The molecule has 0 heterocycles. The first-order chi connectivity index (χ1) is 11.6. The lowest BCUT2D eigenvalue weighted by Crippen LogP contribution is -2.11. The third-order valence-electron chi connectivity index (χ3n) is 4.05. The number of phenolic OH excluding ortho intramolecular Hbond substituents is 1. The fourth-order valence-electron chi connectivity index (χ4n) is 2.67. The molecule has 2 aromatic rings. The molecule has 0 aliphatic rings. The van der Waals surface area contributed by atoms with Crippen LogP contribution in [0.25, 0.3) is 0 Å². The molecule has 0 aliphatic carbocycles. The van der Waals surface area contributed by atoms with Crippen LogP contribution in [-0.4, -0.2) is 17.0 Å². The van der Waals surface area contributed by atoms with Gasteiger partial charge < -0.3 is 9.84 Å². The highest BCUT2D eigenvalue weighted by Gasteiger charge is 2.14. The van der Waals surface area contributed by atoms with Crippen LogP contribution in [0.15, 0.2) is 48.5 Å². The lowest BCUT2D eigenvalue weighted by molar-refractivity contribution is 0.103. The first-order valence-corrected chi connectivity index (χ1v) is 8.71. The van der Waals surface area contributed by atoms with E-state index in [1.54, 1.807) is 24.3 Å². The Morgan fingerprint density at radius 3 is 2.50 bits per heavy atom. The van der Waals surface area contributed by atoms with Crippen molar-refractivity contribution < 1.29 is 14.6 Å². The maximum atomic E-state index is 12.4. The molecular formula is C21H26O3. The third-order valence-corrected chi connectivity index (χ3v) is 4.05. The van der Waals surface area contributed by atoms with Crippen molar-refractivity contribution >= 4 is 5.78 Å². The maximum Gasteiger partial charge on any atom is 0.196 e. The summed E-state index contributed by atoms with van der Waals surface area (Å²) in [5, 5.41) is 10.2. The number of hydrogen-bond acceptors (Lipinski definition) is 3. The van der Waals surface area contributed by atoms with E-state index in [9.17, 15) is 9.90 Å². The Morgan fingerprint density at radius 2 is 1.83 bits per heavy atom. The third kappa shape index (κ3) is 5.12. The molecule has 1 atom stereocenters. The van der Waals surface area contributed by atoms with E-state index in [0.29, 0.717) is 16.9 Å². The Kier molecular flexibility index (Phi) is 6.86. The van der Waals surface area contributed by atoms with Crippen molar-refractivity contribution in [3.63, 3.8) is 0 Å². The van der Waals surface area contributed by atoms with Crippen LogP contribution in [0.4, 0.5) is 0 Å². The number of carbonyl (C=O) groups excluding carboxylic acids is 1. The Balaban J connectivity index is 1.98. The molecular weight excluding hydrogens is 300 g/mol. The van der Waals surface area contributed by atoms with E-state index in [1.807, 2.05) is 25.1 Å². The summed E-state index contributed by atoms with van der Waals surface area (Å²) >= 11 is 0. The molecule has 128 valence electrons. The SMILES string of the molecule is CCCCCCC(C)Oc1ccc(C(=O)c2ccccc2)c(O)c1. The molecule has 1 N–H and O–H groups in total. The summed E-state index contributed by atoms with van der Waals surface area (Å²) in [4.78, 5) is 12.4. The zero-order valence-corrected chi connectivity index (χ0v) is 14.5. The van der Waals surface area contributed by atoms with Gasteiger partial charge in [0.05, 0.1) is 11.7 Å². The summed E-state index contributed by atoms with van der Waals surface area (Å²) in [7, 11) is 0. The molecule has 2 aromatic carbocycles. The van der Waals surface area contributed by atoms with Crippen molar-refractivity contribution in [2.24, 2.45) is 0 Å². The van der Waals surface area contributed by atoms with Gasteiger partial charge in [0, 0.05) is 11.6 Å². The lowest BCUT2D eigenvalue weighted by atomic mass is 10.0. The molecule has 1 unspecified atom stereocenters. The number of aromatic hydroxyl groups is 1. The topological polar surface area (TPSA) is 46.5 Å². The van der Waals surface area contributed by atoms with Crippen LogP contribution in [0.5, 0.6) is 11.5 Å². The number of benzene rings is 2. The monoisotopic (exact) mass is 326 g/mol. The van der Waals surface area contributed by atoms with Crippen LogP contribution in [0.2, 0.25) is 0 Å². The number of hydrogen-bond donors (Lipinski definition) is 1. The normalized spacial score (nSPS) is 11.9. The molecule has 3 nitrogen and oxygen atoms in total. The first kappa shape index (κ1) is 18.1. The minimum atomic E-state index is -0.188. The van der Waals surface area contributed by atoms with Gasteiger partial charge in [0.2, 0.25) is 0 Å². The number of carbonyl (C=O) groups is 1. The van der Waals surface area contributed by atoms with E-state index >= 15 is 0 Å². The number of ketones is 1. The van der Waals surface area contributed by atoms with Crippen molar-refractivity contribution in [2.75, 3.05) is 0 Å². The summed E-state index contributed by atoms with van der Waals surface area (Å²) in [5.41, 5.74) is 0.856. The molecule has 24 heavy (non-hydrogen) atoms. The zero-order valence-electron chi connectivity index (χ0n) is 14.5. The first-order valence-electron chi connectivity index (χ1n) is 8.71. The minimum Gasteiger partial charge on any atom is -0.507 e. The summed E-state index contributed by atoms with van der Waals surface area (Å²) in [5.74, 6) is 0.368. The summed E-state index contributed by atoms with van der Waals surface area (Å²) in [6.45, 7) is 4.23. The van der Waals surface area contributed by atoms with E-state index in [0.717, 1.165) is 12.8 Å². The second-order valence-electron chi connectivity index (χ2n) is 6.15. The highest BCUT2D eigenvalue weighted by atomic mass is 16.5. The standard InChI is InChI=1S/C21H26O3/c1-3-4-5-7-10-16(2)24-18-13-14-19(20(22)15-18)21(23)17-11-8-6-9-12-17/h6,8-9,11-16,22H,3-5,7,10H2,1-2H3. The summed E-state index contributed by atoms with van der Waals surface area (Å²) < 4.78 is 5.84. The fourth-order valence-corrected chi connectivity index (χ4v) is 2.67. The van der Waals surface area contributed by atoms with E-state index in [-0.39, 0.29) is 17.6 Å². The zero-order chi connectivity index (χ0) is 17.4. The second kappa shape index (κ2) is 9.11. The summed E-state index contributed by atoms with van der Waals surface area (Å²) in [6.07, 6.45) is 5.93. The van der Waals surface area contributed by atoms with Crippen molar-refractivity contribution in [2.45, 2.75) is 52.1 Å². The van der Waals surface area contributed by atoms with Crippen molar-refractivity contribution in [1.82, 2.24) is 0 Å². The maximum absolute atomic E-state index is 12.4. The fraction of sp³-hybridized carbons (Fsp3) is 0.381. The molecule has 0 bridgehead atoms. The predicted octanol–water partition coefficient (Wildman–Crippen LogP) is 5.36. The van der Waals surface area contributed by atoms with Gasteiger partial charge in [-0.2, -0.15) is 0 Å². The van der Waals surface area contributed by atoms with Gasteiger partial charge in [-0.05, 0) is 31.9 Å². The molecule has 0 amide bonds. The van der Waals surface area contributed by atoms with E-state index in [4.69, 9.17) is 4.74 Å². The van der Waals surface area contributed by atoms with E-state index in [1.165, 1.54) is 25.3 Å². The van der Waals surface area contributed by atoms with Crippen molar-refractivity contribution in [1.29, 1.82) is 0 Å². The number of phenols is 1. The van der Waals surface area contributed by atoms with Crippen molar-refractivity contribution in [3.05, 3.63) is 59.7 Å². The van der Waals surface area contributed by atoms with E-state index < -0.39 is 0 Å². The Labute approximate surface area is 144 Å². The summed E-state index contributed by atoms with van der Waals surface area (Å²) in [6, 6.07) is 13.9. The van der Waals surface area contributed by atoms with Gasteiger partial charge in [0.1, 0.15) is 11.5 Å². The highest BCUT2D eigenvalue weighted by molar-refractivity contribution is 6.10. The predicted molar refractivity (Wildman–Crippen MR) is 96.8 cm³/mol. The van der Waals surface area contributed by atoms with Crippen LogP contribution >= 0.6 is 0 Å². The Morgan fingerprint density at radius 1 is 1.08 bits per heavy atom. The van der Waals surface area contributed by atoms with Gasteiger partial charge >= 0.3 is 0 Å². The number of ether oxygens (including phenoxy) is 1. The average Bonchev–Trinajstić information content (AvgIpc) is 2.59. The Bertz CT molecular complexity index is 649. The van der Waals surface area contributed by atoms with Gasteiger partial charge in [-0.3, -0.25) is 4.79 Å². The molecule has 0 fully saturated rings. The van der Waals surface area contributed by atoms with Crippen LogP contribution in [0, 0.1) is 0 Å². The molecule has 0 aliphatic heterocycles. The van der Waals surface area contributed by atoms with Gasteiger partial charge in [0.15, 0.2) is 5.78 Å². The highest BCUT2D eigenvalue weighted by Crippen LogP contribution is 2.27. The van der Waals surface area contributed by atoms with Gasteiger partial charge in [-0.15, -0.1) is 0 Å². The average molecular weight is 326 g/mol. The van der Waals surface area contributed by atoms with E-state index in [2.05, 4.69) is 6.92 Å². The van der Waals surface area contributed by atoms with Gasteiger partial charge in [-0.25, -0.2) is 0 Å². The molecule has 0 saturated heterocycles. The largest absolute Gasteiger partial charge is 0.507 e. The second-order valence-corrected chi connectivity index (χ2v) is 6.15. The van der Waals surface area contributed by atoms with Crippen LogP contribution in [0.3, 0.4) is 0 Å². The quantitative estimate of drug-likeness (QED) is 0.498. The van der Waals surface area contributed by atoms with Crippen LogP contribution in [-0.2, 0) is 0 Å². The van der Waals surface area contributed by atoms with Gasteiger partial charge in [0.25, 0.3) is 0 Å². The molecule has 0 spiro atoms. The molecule has 0 saturated carbocycles. The van der Waals surface area contributed by atoms with Crippen LogP contribution < -0.4 is 4.74 Å². The van der Waals surface area contributed by atoms with Gasteiger partial charge in [-0.1, -0.05) is 56.5 Å². The Hall–Kier alpha value is -2.29. The number of rotatable bonds is 9. The number of unbranched alkanes of at least 4 members (excludes halogenated alkanes) is 3. The molecule has 3 heteroatoms. The molecule has 2 rings (SSSR count). The van der Waals surface area contributed by atoms with Crippen molar-refractivity contribution in [3.8, 4) is 11.5 Å². The molecule has 0 radical (unpaired) electrons.